The van der Waals surface area contributed by atoms with Crippen molar-refractivity contribution < 1.29 is 133 Å². The molecule has 26 atom stereocenters. The van der Waals surface area contributed by atoms with E-state index in [1.54, 1.807) is 67.5 Å². The van der Waals surface area contributed by atoms with Crippen molar-refractivity contribution in [2.24, 2.45) is 64.1 Å². The molecule has 1 saturated heterocycles. The lowest BCUT2D eigenvalue weighted by Crippen LogP contribution is -2.67. The van der Waals surface area contributed by atoms with Gasteiger partial charge in [0.2, 0.25) is 23.5 Å². The van der Waals surface area contributed by atoms with Gasteiger partial charge in [0.1, 0.15) is 17.9 Å². The van der Waals surface area contributed by atoms with Crippen LogP contribution in [0.1, 0.15) is 189 Å². The van der Waals surface area contributed by atoms with Crippen molar-refractivity contribution in [3.8, 4) is 0 Å². The number of allylic oxidation sites excluding steroid dienone is 7. The predicted octanol–water partition coefficient (Wildman–Crippen LogP) is 4.76. The Morgan fingerprint density at radius 1 is 0.713 bits per heavy atom. The predicted molar refractivity (Wildman–Crippen MR) is 427 cm³/mol. The van der Waals surface area contributed by atoms with Crippen LogP contribution in [0.15, 0.2) is 95.7 Å². The first-order chi connectivity index (χ1) is 53.4. The Labute approximate surface area is 678 Å². The number of aliphatic hydroxyl groups excluding tert-OH is 11. The second-order valence-corrected chi connectivity index (χ2v) is 33.1. The van der Waals surface area contributed by atoms with E-state index in [0.29, 0.717) is 42.7 Å². The molecule has 0 saturated carbocycles. The monoisotopic (exact) mass is 1630 g/mol. The number of ether oxygens (including phenoxy) is 6. The number of fused-ring (bicyclic) bond motifs is 2. The van der Waals surface area contributed by atoms with Crippen LogP contribution in [0.5, 0.6) is 0 Å². The van der Waals surface area contributed by atoms with Crippen LogP contribution in [0.3, 0.4) is 0 Å². The average Bonchev–Trinajstić information content (AvgIpc) is 0.788. The lowest BCUT2D eigenvalue weighted by molar-refractivity contribution is -0.268. The van der Waals surface area contributed by atoms with Crippen molar-refractivity contribution in [1.29, 1.82) is 0 Å². The summed E-state index contributed by atoms with van der Waals surface area (Å²) in [5, 5.41) is 147. The largest absolute Gasteiger partial charge is 0.469 e. The molecule has 654 valence electrons. The molecule has 30 nitrogen and oxygen atoms in total. The van der Waals surface area contributed by atoms with Crippen LogP contribution < -0.4 is 16.0 Å². The Balaban J connectivity index is 2.77. The van der Waals surface area contributed by atoms with Crippen molar-refractivity contribution in [1.82, 2.24) is 16.0 Å². The van der Waals surface area contributed by atoms with Crippen LogP contribution in [-0.2, 0) is 71.6 Å². The van der Waals surface area contributed by atoms with Crippen molar-refractivity contribution in [3.05, 3.63) is 95.7 Å². The Bertz CT molecular complexity index is 3410. The summed E-state index contributed by atoms with van der Waals surface area (Å²) in [7, 11) is 2.94. The van der Waals surface area contributed by atoms with Crippen LogP contribution in [0.25, 0.3) is 0 Å². The molecule has 2 aliphatic heterocycles. The zero-order valence-corrected chi connectivity index (χ0v) is 71.1. The molecular formula is C85H137N3O27. The van der Waals surface area contributed by atoms with Gasteiger partial charge in [0, 0.05) is 41.6 Å². The highest BCUT2D eigenvalue weighted by molar-refractivity contribution is 5.95. The maximum Gasteiger partial charge on any atom is 0.337 e. The number of aliphatic hydroxyl groups is 12. The smallest absolute Gasteiger partial charge is 0.337 e. The number of nitrogens with one attached hydrogen (secondary N) is 3. The lowest BCUT2D eigenvalue weighted by atomic mass is 9.72. The zero-order valence-electron chi connectivity index (χ0n) is 71.1. The molecule has 0 spiro atoms. The maximum atomic E-state index is 14.9. The van der Waals surface area contributed by atoms with Gasteiger partial charge < -0.3 is 106 Å². The Morgan fingerprint density at radius 3 is 1.87 bits per heavy atom. The third-order valence-corrected chi connectivity index (χ3v) is 22.2. The van der Waals surface area contributed by atoms with Crippen molar-refractivity contribution in [3.63, 3.8) is 0 Å². The molecule has 23 unspecified atom stereocenters. The van der Waals surface area contributed by atoms with E-state index < -0.39 is 222 Å². The van der Waals surface area contributed by atoms with Gasteiger partial charge in [-0.05, 0) is 147 Å². The second-order valence-electron chi connectivity index (χ2n) is 33.1. The molecule has 0 aromatic heterocycles. The number of carbonyl (C=O) groups is 9. The average molecular weight is 1630 g/mol. The van der Waals surface area contributed by atoms with E-state index >= 15 is 0 Å². The number of hydrogen-bond donors (Lipinski definition) is 15. The van der Waals surface area contributed by atoms with Crippen LogP contribution >= 0.6 is 0 Å². The Hall–Kier alpha value is -7.17. The van der Waals surface area contributed by atoms with E-state index in [1.807, 2.05) is 24.3 Å². The van der Waals surface area contributed by atoms with Crippen molar-refractivity contribution >= 4 is 53.4 Å². The molecule has 0 radical (unpaired) electrons. The first-order valence-electron chi connectivity index (χ1n) is 39.7. The molecule has 3 amide bonds. The normalized spacial score (nSPS) is 27.8. The van der Waals surface area contributed by atoms with Crippen LogP contribution in [-0.4, -0.2) is 245 Å². The van der Waals surface area contributed by atoms with E-state index in [0.717, 1.165) is 53.7 Å². The molecule has 15 N–H and O–H groups in total. The van der Waals surface area contributed by atoms with Crippen LogP contribution in [0.4, 0.5) is 0 Å². The summed E-state index contributed by atoms with van der Waals surface area (Å²) in [4.78, 5) is 122. The quantitative estimate of drug-likeness (QED) is 0.0208. The van der Waals surface area contributed by atoms with Gasteiger partial charge in [-0.25, -0.2) is 14.4 Å². The SMILES string of the molecule is COC(=O)C(O)CC(=O)OC1CC=C(C)C(O)C(C)C=C(C)C(O)C(C)C(O)C[C@@H]2C[C@H](C)C[C@@H](CC=CC=CCCC=CC=CC(=O)NC(C(O)C(=O)OC)C(=O)OC(O)(C(NC(=O)C(C)C(O)CCC(C)C(O)/C(C)=C/C(C)C(O)C(NC(=O)/C=C/C(C)(C)C(=O)C(C)C(O)C(C)(C)C(=O)OC)C(O)C(C)C)C(C)O)C1C)O2. The second kappa shape index (κ2) is 48.6. The molecule has 0 aliphatic carbocycles. The number of ketones is 1. The molecule has 30 heteroatoms. The molecular weight excluding hydrogens is 1490 g/mol. The number of Topliss-reactive ketones (excluding diaryl/α,β-unsaturated/α-hetero) is 1. The van der Waals surface area contributed by atoms with Crippen molar-refractivity contribution in [2.75, 3.05) is 21.3 Å². The maximum absolute atomic E-state index is 14.9. The van der Waals surface area contributed by atoms with Gasteiger partial charge in [-0.2, -0.15) is 0 Å². The summed E-state index contributed by atoms with van der Waals surface area (Å²) in [5.74, 6) is -21.3. The van der Waals surface area contributed by atoms with Gasteiger partial charge in [0.15, 0.2) is 18.2 Å². The summed E-state index contributed by atoms with van der Waals surface area (Å²) in [6, 6.07) is -6.05. The molecule has 1 fully saturated rings. The number of esters is 5. The number of cyclic esters (lactones) is 1. The highest BCUT2D eigenvalue weighted by Gasteiger charge is 2.55. The fraction of sp³-hybridized carbons (Fsp3) is 0.706. The van der Waals surface area contributed by atoms with E-state index in [1.165, 1.54) is 78.8 Å². The highest BCUT2D eigenvalue weighted by Crippen LogP contribution is 2.37. The van der Waals surface area contributed by atoms with Crippen molar-refractivity contribution in [2.45, 2.75) is 298 Å². The molecule has 0 aromatic rings. The third kappa shape index (κ3) is 31.9. The lowest BCUT2D eigenvalue weighted by Gasteiger charge is -2.44. The Kier molecular flexibility index (Phi) is 44.0. The summed E-state index contributed by atoms with van der Waals surface area (Å²) in [6.45, 7) is 27.4. The molecule has 115 heavy (non-hydrogen) atoms. The first kappa shape index (κ1) is 104. The van der Waals surface area contributed by atoms with Crippen LogP contribution in [0, 0.1) is 64.1 Å². The minimum Gasteiger partial charge on any atom is -0.469 e. The summed E-state index contributed by atoms with van der Waals surface area (Å²) in [5.41, 5.74) is -1.90. The molecule has 2 bridgehead atoms. The first-order valence-corrected chi connectivity index (χ1v) is 39.7. The van der Waals surface area contributed by atoms with Gasteiger partial charge in [0.25, 0.3) is 0 Å². The fourth-order valence-corrected chi connectivity index (χ4v) is 14.2. The molecule has 0 aromatic carbocycles. The molecule has 2 heterocycles. The van der Waals surface area contributed by atoms with Gasteiger partial charge in [-0.15, -0.1) is 0 Å². The zero-order chi connectivity index (χ0) is 88.1. The number of hydrogen-bond acceptors (Lipinski definition) is 27. The number of methoxy groups -OCH3 is 3. The summed E-state index contributed by atoms with van der Waals surface area (Å²) < 4.78 is 32.3. The molecule has 2 aliphatic rings. The van der Waals surface area contributed by atoms with Crippen LogP contribution in [0.2, 0.25) is 0 Å². The minimum atomic E-state index is -3.44. The minimum absolute atomic E-state index is 0.00351. The molecule has 2 rings (SSSR count). The van der Waals surface area contributed by atoms with E-state index in [-0.39, 0.29) is 37.0 Å². The Morgan fingerprint density at radius 2 is 1.30 bits per heavy atom. The number of carbonyl (C=O) groups excluding carboxylic acids is 9. The standard InChI is InChI=1S/C85H137N3O27/c1-45(2)69(96)67(86-65(94)37-38-83(15,16)76(102)55(12)77(103)84(17,18)82(108)112-21)73(100)52(9)42-50(7)70(97)47(4)33-35-60(90)54(11)78(104)88-75(57(14)89)85(109)56(13)63(114-66(95)44-62(92)79(105)110-19)36-34-48(5)71(98)49(6)41-51(8)72(99)53(10)61(91)43-59-40-46(3)39-58(113-59)31-29-27-25-23-22-24-26-28-30-32-64(93)87-68(80(106)115-85)74(101)81(107)111-20/h23,25-30,32,34,37-38,41-42,45-47,49,52-63,67-75,77,89-92,96-101,103,109H,22,24,31,33,35-36,39-40,43-44H2,1-21H3,(H,86,94)(H,87,93)(H,88,104)/b25-23?,28-26?,29-27?,32-30?,38-37+,48-34?,50-42+,51-41?/t46-,47?,49?,52?,53?,54?,55?,56?,57?,58-,59+,60?,61?,62?,63?,67?,68?,69?,70?,71?,72?,73?,74?,75?,77?,85?/m1/s1. The van der Waals surface area contributed by atoms with Gasteiger partial charge in [0.05, 0.1) is 118 Å². The highest BCUT2D eigenvalue weighted by atomic mass is 16.7. The summed E-state index contributed by atoms with van der Waals surface area (Å²) in [6.07, 6.45) is 2.05. The van der Waals surface area contributed by atoms with Gasteiger partial charge in [-0.3, -0.25) is 28.8 Å². The van der Waals surface area contributed by atoms with Gasteiger partial charge in [-0.1, -0.05) is 136 Å². The van der Waals surface area contributed by atoms with Gasteiger partial charge >= 0.3 is 29.8 Å². The van der Waals surface area contributed by atoms with E-state index in [2.05, 4.69) is 27.6 Å². The third-order valence-electron chi connectivity index (χ3n) is 22.2. The number of rotatable bonds is 29. The summed E-state index contributed by atoms with van der Waals surface area (Å²) >= 11 is 0. The topological polar surface area (TPSA) is 488 Å². The van der Waals surface area contributed by atoms with E-state index in [9.17, 15) is 104 Å². The fourth-order valence-electron chi connectivity index (χ4n) is 14.2. The van der Waals surface area contributed by atoms with E-state index in [4.69, 9.17) is 23.7 Å². The number of amides is 3.